The molecule has 20 heavy (non-hydrogen) atoms. The Morgan fingerprint density at radius 1 is 1.10 bits per heavy atom. The summed E-state index contributed by atoms with van der Waals surface area (Å²) in [6, 6.07) is 3.93. The number of sulfonamides is 1. The van der Waals surface area contributed by atoms with Crippen molar-refractivity contribution in [3.8, 4) is 0 Å². The van der Waals surface area contributed by atoms with Gasteiger partial charge in [-0.2, -0.15) is 0 Å². The standard InChI is InChI=1S/C12H15N3O4S/c1-13-5-6-14-20(18,19)8-3-4-9-10(7-8)12(17)15(2)11(9)16/h3-4,7,13-14H,5-6H2,1-2H3. The fourth-order valence-electron chi connectivity index (χ4n) is 1.90. The van der Waals surface area contributed by atoms with Gasteiger partial charge in [0, 0.05) is 20.1 Å². The molecule has 108 valence electrons. The van der Waals surface area contributed by atoms with E-state index in [9.17, 15) is 18.0 Å². The average Bonchev–Trinajstić information content (AvgIpc) is 2.64. The van der Waals surface area contributed by atoms with Crippen LogP contribution in [0.2, 0.25) is 0 Å². The Morgan fingerprint density at radius 2 is 1.75 bits per heavy atom. The number of nitrogens with one attached hydrogen (secondary N) is 2. The van der Waals surface area contributed by atoms with Crippen molar-refractivity contribution in [2.75, 3.05) is 27.2 Å². The van der Waals surface area contributed by atoms with Crippen LogP contribution < -0.4 is 10.0 Å². The summed E-state index contributed by atoms with van der Waals surface area (Å²) in [5.41, 5.74) is 0.348. The maximum Gasteiger partial charge on any atom is 0.261 e. The molecule has 7 nitrogen and oxygen atoms in total. The van der Waals surface area contributed by atoms with Gasteiger partial charge in [0.2, 0.25) is 10.0 Å². The highest BCUT2D eigenvalue weighted by Gasteiger charge is 2.33. The van der Waals surface area contributed by atoms with Crippen LogP contribution in [0.3, 0.4) is 0 Å². The summed E-state index contributed by atoms with van der Waals surface area (Å²) >= 11 is 0. The van der Waals surface area contributed by atoms with Crippen LogP contribution in [-0.4, -0.2) is 52.3 Å². The minimum atomic E-state index is -3.68. The van der Waals surface area contributed by atoms with Crippen LogP contribution in [0.15, 0.2) is 23.1 Å². The molecular weight excluding hydrogens is 282 g/mol. The maximum atomic E-state index is 12.0. The predicted molar refractivity (Wildman–Crippen MR) is 72.0 cm³/mol. The fourth-order valence-corrected chi connectivity index (χ4v) is 2.96. The average molecular weight is 297 g/mol. The van der Waals surface area contributed by atoms with Crippen molar-refractivity contribution in [2.24, 2.45) is 0 Å². The van der Waals surface area contributed by atoms with Crippen LogP contribution in [0, 0.1) is 0 Å². The molecule has 2 amide bonds. The molecule has 2 N–H and O–H groups in total. The molecule has 1 aromatic rings. The third-order valence-corrected chi connectivity index (χ3v) is 4.50. The van der Waals surface area contributed by atoms with Crippen LogP contribution in [-0.2, 0) is 10.0 Å². The molecule has 0 radical (unpaired) electrons. The van der Waals surface area contributed by atoms with Crippen LogP contribution in [0.1, 0.15) is 20.7 Å². The second-order valence-electron chi connectivity index (χ2n) is 4.38. The third-order valence-electron chi connectivity index (χ3n) is 3.04. The van der Waals surface area contributed by atoms with E-state index in [1.54, 1.807) is 7.05 Å². The molecule has 1 aliphatic rings. The van der Waals surface area contributed by atoms with E-state index in [2.05, 4.69) is 10.0 Å². The minimum Gasteiger partial charge on any atom is -0.318 e. The number of fused-ring (bicyclic) bond motifs is 1. The van der Waals surface area contributed by atoms with Gasteiger partial charge < -0.3 is 5.32 Å². The topological polar surface area (TPSA) is 95.6 Å². The van der Waals surface area contributed by atoms with Gasteiger partial charge in [-0.1, -0.05) is 0 Å². The summed E-state index contributed by atoms with van der Waals surface area (Å²) in [4.78, 5) is 24.5. The Labute approximate surface area is 117 Å². The van der Waals surface area contributed by atoms with E-state index in [4.69, 9.17) is 0 Å². The van der Waals surface area contributed by atoms with E-state index in [0.717, 1.165) is 4.90 Å². The number of hydrogen-bond acceptors (Lipinski definition) is 5. The molecule has 2 rings (SSSR count). The Kier molecular flexibility index (Phi) is 3.89. The highest BCUT2D eigenvalue weighted by atomic mass is 32.2. The quantitative estimate of drug-likeness (QED) is 0.559. The molecule has 0 saturated carbocycles. The van der Waals surface area contributed by atoms with Crippen molar-refractivity contribution < 1.29 is 18.0 Å². The normalized spacial score (nSPS) is 14.8. The number of carbonyl (C=O) groups excluding carboxylic acids is 2. The maximum absolute atomic E-state index is 12.0. The molecule has 0 atom stereocenters. The highest BCUT2D eigenvalue weighted by molar-refractivity contribution is 7.89. The first kappa shape index (κ1) is 14.6. The Bertz CT molecular complexity index is 669. The number of rotatable bonds is 5. The molecule has 0 saturated heterocycles. The molecule has 0 fully saturated rings. The lowest BCUT2D eigenvalue weighted by molar-refractivity contribution is 0.0693. The van der Waals surface area contributed by atoms with Gasteiger partial charge in [-0.25, -0.2) is 13.1 Å². The monoisotopic (exact) mass is 297 g/mol. The number of benzene rings is 1. The SMILES string of the molecule is CNCCNS(=O)(=O)c1ccc2c(c1)C(=O)N(C)C2=O. The zero-order chi connectivity index (χ0) is 14.9. The van der Waals surface area contributed by atoms with Crippen molar-refractivity contribution in [1.82, 2.24) is 14.9 Å². The molecule has 1 heterocycles. The second kappa shape index (κ2) is 5.31. The van der Waals surface area contributed by atoms with Gasteiger partial charge in [0.15, 0.2) is 0 Å². The fraction of sp³-hybridized carbons (Fsp3) is 0.333. The number of carbonyl (C=O) groups is 2. The van der Waals surface area contributed by atoms with E-state index in [1.165, 1.54) is 25.2 Å². The smallest absolute Gasteiger partial charge is 0.261 e. The van der Waals surface area contributed by atoms with E-state index >= 15 is 0 Å². The molecule has 0 aliphatic carbocycles. The minimum absolute atomic E-state index is 0.0243. The zero-order valence-corrected chi connectivity index (χ0v) is 12.0. The lowest BCUT2D eigenvalue weighted by Crippen LogP contribution is -2.30. The van der Waals surface area contributed by atoms with Gasteiger partial charge in [0.25, 0.3) is 11.8 Å². The van der Waals surface area contributed by atoms with Crippen molar-refractivity contribution in [1.29, 1.82) is 0 Å². The Morgan fingerprint density at radius 3 is 2.40 bits per heavy atom. The van der Waals surface area contributed by atoms with E-state index in [0.29, 0.717) is 6.54 Å². The van der Waals surface area contributed by atoms with Crippen molar-refractivity contribution >= 4 is 21.8 Å². The first-order chi connectivity index (χ1) is 9.38. The largest absolute Gasteiger partial charge is 0.318 e. The first-order valence-electron chi connectivity index (χ1n) is 5.99. The molecule has 1 aromatic carbocycles. The number of likely N-dealkylation sites (N-methyl/N-ethyl adjacent to an activating group) is 1. The summed E-state index contributed by atoms with van der Waals surface area (Å²) in [6.45, 7) is 0.729. The molecular formula is C12H15N3O4S. The molecule has 0 bridgehead atoms. The second-order valence-corrected chi connectivity index (χ2v) is 6.14. The lowest BCUT2D eigenvalue weighted by Gasteiger charge is -2.07. The van der Waals surface area contributed by atoms with E-state index in [-0.39, 0.29) is 22.6 Å². The van der Waals surface area contributed by atoms with Crippen LogP contribution in [0.5, 0.6) is 0 Å². The molecule has 0 unspecified atom stereocenters. The lowest BCUT2D eigenvalue weighted by atomic mass is 10.1. The summed E-state index contributed by atoms with van der Waals surface area (Å²) < 4.78 is 26.5. The molecule has 8 heteroatoms. The van der Waals surface area contributed by atoms with Crippen molar-refractivity contribution in [3.05, 3.63) is 29.3 Å². The van der Waals surface area contributed by atoms with Crippen molar-refractivity contribution in [2.45, 2.75) is 4.90 Å². The molecule has 0 spiro atoms. The number of hydrogen-bond donors (Lipinski definition) is 2. The highest BCUT2D eigenvalue weighted by Crippen LogP contribution is 2.24. The van der Waals surface area contributed by atoms with Gasteiger partial charge in [-0.15, -0.1) is 0 Å². The summed E-state index contributed by atoms with van der Waals surface area (Å²) in [5.74, 6) is -0.908. The van der Waals surface area contributed by atoms with Gasteiger partial charge in [0.1, 0.15) is 0 Å². The number of amides is 2. The predicted octanol–water partition coefficient (Wildman–Crippen LogP) is -0.590. The van der Waals surface area contributed by atoms with Gasteiger partial charge in [0.05, 0.1) is 16.0 Å². The summed E-state index contributed by atoms with van der Waals surface area (Å²) in [6.07, 6.45) is 0. The summed E-state index contributed by atoms with van der Waals surface area (Å²) in [7, 11) is -0.607. The summed E-state index contributed by atoms with van der Waals surface area (Å²) in [5, 5.41) is 2.82. The van der Waals surface area contributed by atoms with Crippen LogP contribution in [0.4, 0.5) is 0 Å². The number of imide groups is 1. The van der Waals surface area contributed by atoms with Crippen molar-refractivity contribution in [3.63, 3.8) is 0 Å². The van der Waals surface area contributed by atoms with Crippen LogP contribution >= 0.6 is 0 Å². The zero-order valence-electron chi connectivity index (χ0n) is 11.1. The third kappa shape index (κ3) is 2.45. The molecule has 0 aromatic heterocycles. The Balaban J connectivity index is 2.33. The van der Waals surface area contributed by atoms with E-state index in [1.807, 2.05) is 0 Å². The molecule has 1 aliphatic heterocycles. The first-order valence-corrected chi connectivity index (χ1v) is 7.47. The van der Waals surface area contributed by atoms with Gasteiger partial charge >= 0.3 is 0 Å². The van der Waals surface area contributed by atoms with Gasteiger partial charge in [-0.05, 0) is 25.2 Å². The van der Waals surface area contributed by atoms with Gasteiger partial charge in [-0.3, -0.25) is 14.5 Å². The van der Waals surface area contributed by atoms with Crippen LogP contribution in [0.25, 0.3) is 0 Å². The van der Waals surface area contributed by atoms with E-state index < -0.39 is 21.8 Å². The number of nitrogens with zero attached hydrogens (tertiary/aromatic N) is 1. The Hall–Kier alpha value is -1.77.